The molecule has 2 heterocycles. The lowest BCUT2D eigenvalue weighted by Gasteiger charge is -2.36. The molecule has 1 spiro atoms. The van der Waals surface area contributed by atoms with Crippen LogP contribution >= 0.6 is 0 Å². The highest BCUT2D eigenvalue weighted by Gasteiger charge is 2.42. The molecule has 162 valence electrons. The summed E-state index contributed by atoms with van der Waals surface area (Å²) in [4.78, 5) is 31.3. The molecule has 31 heavy (non-hydrogen) atoms. The number of benzene rings is 2. The van der Waals surface area contributed by atoms with Gasteiger partial charge in [-0.15, -0.1) is 0 Å². The number of nitrogens with zero attached hydrogens (tertiary/aromatic N) is 2. The number of rotatable bonds is 4. The molecule has 0 radical (unpaired) electrons. The Morgan fingerprint density at radius 2 is 1.71 bits per heavy atom. The number of carbonyl (C=O) groups excluding carboxylic acids is 2. The summed E-state index contributed by atoms with van der Waals surface area (Å²) >= 11 is 0. The van der Waals surface area contributed by atoms with Crippen molar-refractivity contribution in [3.63, 3.8) is 0 Å². The maximum Gasteiger partial charge on any atom is 0.418 e. The predicted molar refractivity (Wildman–Crippen MR) is 110 cm³/mol. The van der Waals surface area contributed by atoms with Crippen LogP contribution in [0.4, 0.5) is 18.9 Å². The van der Waals surface area contributed by atoms with E-state index in [2.05, 4.69) is 15.6 Å². The van der Waals surface area contributed by atoms with E-state index < -0.39 is 23.3 Å². The molecular weight excluding hydrogens is 409 g/mol. The van der Waals surface area contributed by atoms with Crippen LogP contribution < -0.4 is 10.6 Å². The van der Waals surface area contributed by atoms with E-state index in [0.29, 0.717) is 31.6 Å². The van der Waals surface area contributed by atoms with Crippen molar-refractivity contribution in [2.45, 2.75) is 24.7 Å². The number of nitrogens with one attached hydrogen (secondary N) is 2. The molecule has 1 saturated heterocycles. The third kappa shape index (κ3) is 4.61. The summed E-state index contributed by atoms with van der Waals surface area (Å²) in [6.45, 7) is 0.936. The van der Waals surface area contributed by atoms with Crippen LogP contribution in [0, 0.1) is 0 Å². The van der Waals surface area contributed by atoms with Gasteiger partial charge in [0.1, 0.15) is 11.4 Å². The van der Waals surface area contributed by atoms with Crippen LogP contribution in [0.3, 0.4) is 0 Å². The van der Waals surface area contributed by atoms with Gasteiger partial charge in [-0.25, -0.2) is 0 Å². The quantitative estimate of drug-likeness (QED) is 0.783. The highest BCUT2D eigenvalue weighted by atomic mass is 19.4. The standard InChI is InChI=1S/C22H21F3N4O2/c23-22(24,25)16-8-4-5-9-17(16)26-18(30)14-29-12-10-21(11-13-29)27-19(20(31)28-21)15-6-2-1-3-7-15/h1-9H,10-14H2,(H,26,30)(H,28,31). The number of piperidine rings is 1. The summed E-state index contributed by atoms with van der Waals surface area (Å²) in [5.41, 5.74) is -0.679. The van der Waals surface area contributed by atoms with Crippen molar-refractivity contribution in [3.05, 3.63) is 65.7 Å². The zero-order valence-corrected chi connectivity index (χ0v) is 16.6. The summed E-state index contributed by atoms with van der Waals surface area (Å²) in [6, 6.07) is 14.1. The Hall–Kier alpha value is -3.20. The SMILES string of the molecule is O=C(CN1CCC2(CC1)N=C(c1ccccc1)C(=O)N2)Nc1ccccc1C(F)(F)F. The first-order valence-electron chi connectivity index (χ1n) is 9.92. The molecule has 0 aliphatic carbocycles. The van der Waals surface area contributed by atoms with Crippen molar-refractivity contribution < 1.29 is 22.8 Å². The monoisotopic (exact) mass is 430 g/mol. The van der Waals surface area contributed by atoms with E-state index in [4.69, 9.17) is 0 Å². The van der Waals surface area contributed by atoms with Crippen molar-refractivity contribution >= 4 is 23.2 Å². The van der Waals surface area contributed by atoms with E-state index in [1.807, 2.05) is 35.2 Å². The maximum absolute atomic E-state index is 13.1. The van der Waals surface area contributed by atoms with Gasteiger partial charge in [0.15, 0.2) is 0 Å². The average molecular weight is 430 g/mol. The number of alkyl halides is 3. The van der Waals surface area contributed by atoms with Crippen LogP contribution in [0.2, 0.25) is 0 Å². The minimum Gasteiger partial charge on any atom is -0.326 e. The molecule has 9 heteroatoms. The second-order valence-corrected chi connectivity index (χ2v) is 7.68. The molecule has 2 amide bonds. The number of amides is 2. The second-order valence-electron chi connectivity index (χ2n) is 7.68. The fourth-order valence-electron chi connectivity index (χ4n) is 3.90. The molecule has 2 aliphatic heterocycles. The van der Waals surface area contributed by atoms with E-state index in [9.17, 15) is 22.8 Å². The van der Waals surface area contributed by atoms with Crippen molar-refractivity contribution in [2.24, 2.45) is 4.99 Å². The molecule has 0 saturated carbocycles. The van der Waals surface area contributed by atoms with Crippen LogP contribution in [0.15, 0.2) is 59.6 Å². The Morgan fingerprint density at radius 1 is 1.06 bits per heavy atom. The summed E-state index contributed by atoms with van der Waals surface area (Å²) in [5, 5.41) is 5.32. The molecule has 0 unspecified atom stereocenters. The van der Waals surface area contributed by atoms with Crippen molar-refractivity contribution in [1.82, 2.24) is 10.2 Å². The van der Waals surface area contributed by atoms with Crippen LogP contribution in [0.5, 0.6) is 0 Å². The summed E-state index contributed by atoms with van der Waals surface area (Å²) in [6.07, 6.45) is -3.51. The van der Waals surface area contributed by atoms with E-state index in [0.717, 1.165) is 11.6 Å². The van der Waals surface area contributed by atoms with Crippen molar-refractivity contribution in [2.75, 3.05) is 25.0 Å². The zero-order valence-electron chi connectivity index (χ0n) is 16.6. The third-order valence-corrected chi connectivity index (χ3v) is 5.49. The highest BCUT2D eigenvalue weighted by Crippen LogP contribution is 2.34. The lowest BCUT2D eigenvalue weighted by molar-refractivity contribution is -0.137. The normalized spacial score (nSPS) is 18.5. The summed E-state index contributed by atoms with van der Waals surface area (Å²) in [7, 11) is 0. The summed E-state index contributed by atoms with van der Waals surface area (Å²) in [5.74, 6) is -0.738. The summed E-state index contributed by atoms with van der Waals surface area (Å²) < 4.78 is 39.3. The number of hydrogen-bond acceptors (Lipinski definition) is 4. The molecule has 0 bridgehead atoms. The first kappa shape index (κ1) is 21.0. The van der Waals surface area contributed by atoms with Gasteiger partial charge in [-0.05, 0) is 12.1 Å². The molecule has 6 nitrogen and oxygen atoms in total. The number of para-hydroxylation sites is 1. The van der Waals surface area contributed by atoms with Gasteiger partial charge in [-0.3, -0.25) is 19.5 Å². The van der Waals surface area contributed by atoms with Gasteiger partial charge < -0.3 is 10.6 Å². The number of carbonyl (C=O) groups is 2. The largest absolute Gasteiger partial charge is 0.418 e. The number of hydrogen-bond donors (Lipinski definition) is 2. The first-order chi connectivity index (χ1) is 14.8. The predicted octanol–water partition coefficient (Wildman–Crippen LogP) is 3.06. The van der Waals surface area contributed by atoms with Crippen LogP contribution in [-0.4, -0.2) is 47.7 Å². The lowest BCUT2D eigenvalue weighted by atomic mass is 9.98. The number of likely N-dealkylation sites (tertiary alicyclic amines) is 1. The maximum atomic E-state index is 13.1. The molecule has 2 aliphatic rings. The van der Waals surface area contributed by atoms with E-state index >= 15 is 0 Å². The molecular formula is C22H21F3N4O2. The topological polar surface area (TPSA) is 73.8 Å². The Bertz CT molecular complexity index is 1010. The minimum absolute atomic E-state index is 0.0362. The fourth-order valence-corrected chi connectivity index (χ4v) is 3.90. The first-order valence-corrected chi connectivity index (χ1v) is 9.92. The number of anilines is 1. The second kappa shape index (κ2) is 8.14. The third-order valence-electron chi connectivity index (χ3n) is 5.49. The van der Waals surface area contributed by atoms with Gasteiger partial charge in [-0.1, -0.05) is 42.5 Å². The molecule has 0 atom stereocenters. The van der Waals surface area contributed by atoms with Gasteiger partial charge in [0.2, 0.25) is 5.91 Å². The molecule has 0 aromatic heterocycles. The molecule has 1 fully saturated rings. The van der Waals surface area contributed by atoms with E-state index in [1.54, 1.807) is 0 Å². The molecule has 2 aromatic rings. The van der Waals surface area contributed by atoms with Crippen molar-refractivity contribution in [1.29, 1.82) is 0 Å². The Kier molecular flexibility index (Phi) is 5.53. The van der Waals surface area contributed by atoms with Gasteiger partial charge in [0, 0.05) is 31.5 Å². The highest BCUT2D eigenvalue weighted by molar-refractivity contribution is 6.46. The minimum atomic E-state index is -4.55. The van der Waals surface area contributed by atoms with Gasteiger partial charge >= 0.3 is 6.18 Å². The number of halogens is 3. The Labute approximate surface area is 177 Å². The fraction of sp³-hybridized carbons (Fsp3) is 0.318. The number of aliphatic imine (C=N–C) groups is 1. The van der Waals surface area contributed by atoms with Gasteiger partial charge in [0.05, 0.1) is 17.8 Å². The van der Waals surface area contributed by atoms with E-state index in [-0.39, 0.29) is 18.1 Å². The molecule has 4 rings (SSSR count). The van der Waals surface area contributed by atoms with Crippen LogP contribution in [-0.2, 0) is 15.8 Å². The Morgan fingerprint density at radius 3 is 2.39 bits per heavy atom. The Balaban J connectivity index is 1.37. The van der Waals surface area contributed by atoms with Gasteiger partial charge in [-0.2, -0.15) is 13.2 Å². The lowest BCUT2D eigenvalue weighted by Crippen LogP contribution is -2.52. The zero-order chi connectivity index (χ0) is 22.1. The smallest absolute Gasteiger partial charge is 0.326 e. The van der Waals surface area contributed by atoms with Gasteiger partial charge in [0.25, 0.3) is 5.91 Å². The molecule has 2 aromatic carbocycles. The van der Waals surface area contributed by atoms with Crippen LogP contribution in [0.1, 0.15) is 24.0 Å². The molecule has 2 N–H and O–H groups in total. The van der Waals surface area contributed by atoms with Crippen LogP contribution in [0.25, 0.3) is 0 Å². The van der Waals surface area contributed by atoms with E-state index in [1.165, 1.54) is 18.2 Å². The average Bonchev–Trinajstić information content (AvgIpc) is 3.06. The van der Waals surface area contributed by atoms with Crippen molar-refractivity contribution in [3.8, 4) is 0 Å².